The fourth-order valence-corrected chi connectivity index (χ4v) is 2.10. The van der Waals surface area contributed by atoms with Crippen LogP contribution < -0.4 is 0 Å². The Morgan fingerprint density at radius 2 is 1.67 bits per heavy atom. The van der Waals surface area contributed by atoms with Crippen molar-refractivity contribution < 1.29 is 5.11 Å². The van der Waals surface area contributed by atoms with Crippen molar-refractivity contribution in [3.63, 3.8) is 0 Å². The number of aromatic hydroxyl groups is 1. The van der Waals surface area contributed by atoms with Gasteiger partial charge in [0.05, 0.1) is 0 Å². The molecule has 0 aliphatic carbocycles. The molecule has 2 rings (SSSR count). The molecule has 0 aromatic heterocycles. The van der Waals surface area contributed by atoms with E-state index in [1.807, 2.05) is 36.4 Å². The van der Waals surface area contributed by atoms with Crippen LogP contribution in [0.4, 0.5) is 0 Å². The molecule has 2 aromatic carbocycles. The molecule has 2 heteroatoms. The quantitative estimate of drug-likeness (QED) is 0.811. The standard InChI is InChI=1S/C16H18O.Na/c1-2-3-8-13-11-7-12-15(17)16(13)14-9-5-4-6-10-14;/h4-7,9-12,17H,2-3,8H2,1H3;. The van der Waals surface area contributed by atoms with Crippen molar-refractivity contribution in [3.05, 3.63) is 54.1 Å². The van der Waals surface area contributed by atoms with Crippen molar-refractivity contribution in [2.45, 2.75) is 26.2 Å². The minimum absolute atomic E-state index is 0. The smallest absolute Gasteiger partial charge is 0.123 e. The molecule has 1 radical (unpaired) electrons. The third-order valence-electron chi connectivity index (χ3n) is 2.99. The van der Waals surface area contributed by atoms with Crippen LogP contribution in [0.1, 0.15) is 25.3 Å². The van der Waals surface area contributed by atoms with Crippen LogP contribution >= 0.6 is 0 Å². The first-order chi connectivity index (χ1) is 8.33. The van der Waals surface area contributed by atoms with E-state index >= 15 is 0 Å². The van der Waals surface area contributed by atoms with Gasteiger partial charge in [-0.3, -0.25) is 0 Å². The Morgan fingerprint density at radius 1 is 0.944 bits per heavy atom. The van der Waals surface area contributed by atoms with Crippen molar-refractivity contribution in [2.75, 3.05) is 0 Å². The Balaban J connectivity index is 0.00000162. The third-order valence-corrected chi connectivity index (χ3v) is 2.99. The van der Waals surface area contributed by atoms with Gasteiger partial charge >= 0.3 is 0 Å². The largest absolute Gasteiger partial charge is 0.507 e. The van der Waals surface area contributed by atoms with E-state index in [9.17, 15) is 5.11 Å². The Kier molecular flexibility index (Phi) is 6.48. The summed E-state index contributed by atoms with van der Waals surface area (Å²) < 4.78 is 0. The topological polar surface area (TPSA) is 20.2 Å². The average Bonchev–Trinajstić information content (AvgIpc) is 2.37. The van der Waals surface area contributed by atoms with Gasteiger partial charge < -0.3 is 5.11 Å². The fourth-order valence-electron chi connectivity index (χ4n) is 2.10. The maximum Gasteiger partial charge on any atom is 0.123 e. The number of phenols is 1. The maximum atomic E-state index is 10.0. The van der Waals surface area contributed by atoms with Gasteiger partial charge in [0, 0.05) is 35.1 Å². The Labute approximate surface area is 131 Å². The number of aryl methyl sites for hydroxylation is 1. The summed E-state index contributed by atoms with van der Waals surface area (Å²) in [6.45, 7) is 2.19. The van der Waals surface area contributed by atoms with Crippen LogP contribution in [-0.4, -0.2) is 34.7 Å². The van der Waals surface area contributed by atoms with E-state index < -0.39 is 0 Å². The molecule has 0 aliphatic rings. The summed E-state index contributed by atoms with van der Waals surface area (Å²) in [7, 11) is 0. The second kappa shape index (κ2) is 7.63. The monoisotopic (exact) mass is 249 g/mol. The minimum atomic E-state index is 0. The Morgan fingerprint density at radius 3 is 2.33 bits per heavy atom. The van der Waals surface area contributed by atoms with E-state index in [0.717, 1.165) is 24.0 Å². The average molecular weight is 249 g/mol. The van der Waals surface area contributed by atoms with Gasteiger partial charge in [0.1, 0.15) is 5.75 Å². The van der Waals surface area contributed by atoms with Crippen molar-refractivity contribution >= 4 is 29.6 Å². The van der Waals surface area contributed by atoms with Crippen LogP contribution in [0.2, 0.25) is 0 Å². The van der Waals surface area contributed by atoms with Gasteiger partial charge in [-0.1, -0.05) is 55.8 Å². The summed E-state index contributed by atoms with van der Waals surface area (Å²) >= 11 is 0. The van der Waals surface area contributed by atoms with Crippen LogP contribution in [0.3, 0.4) is 0 Å². The molecule has 0 bridgehead atoms. The normalized spacial score (nSPS) is 9.83. The molecule has 0 unspecified atom stereocenters. The van der Waals surface area contributed by atoms with E-state index in [4.69, 9.17) is 0 Å². The van der Waals surface area contributed by atoms with Gasteiger partial charge in [-0.05, 0) is 30.0 Å². The number of hydrogen-bond acceptors (Lipinski definition) is 1. The zero-order valence-electron chi connectivity index (χ0n) is 11.2. The molecular weight excluding hydrogens is 231 g/mol. The summed E-state index contributed by atoms with van der Waals surface area (Å²) in [4.78, 5) is 0. The molecule has 0 heterocycles. The van der Waals surface area contributed by atoms with Crippen molar-refractivity contribution in [1.29, 1.82) is 0 Å². The van der Waals surface area contributed by atoms with Crippen molar-refractivity contribution in [2.24, 2.45) is 0 Å². The predicted molar refractivity (Wildman–Crippen MR) is 77.9 cm³/mol. The minimum Gasteiger partial charge on any atom is -0.507 e. The molecule has 0 saturated carbocycles. The first kappa shape index (κ1) is 15.3. The molecular formula is C16H18NaO. The van der Waals surface area contributed by atoms with Crippen LogP contribution in [-0.2, 0) is 6.42 Å². The summed E-state index contributed by atoms with van der Waals surface area (Å²) in [5, 5.41) is 10.0. The molecule has 0 saturated heterocycles. The molecule has 0 aliphatic heterocycles. The third kappa shape index (κ3) is 3.61. The zero-order chi connectivity index (χ0) is 12.1. The zero-order valence-corrected chi connectivity index (χ0v) is 13.2. The first-order valence-corrected chi connectivity index (χ1v) is 6.19. The van der Waals surface area contributed by atoms with Gasteiger partial charge in [-0.25, -0.2) is 0 Å². The van der Waals surface area contributed by atoms with Crippen molar-refractivity contribution in [1.82, 2.24) is 0 Å². The molecule has 2 aromatic rings. The van der Waals surface area contributed by atoms with Crippen LogP contribution in [0.5, 0.6) is 5.75 Å². The molecule has 0 atom stereocenters. The van der Waals surface area contributed by atoms with Gasteiger partial charge in [0.25, 0.3) is 0 Å². The molecule has 18 heavy (non-hydrogen) atoms. The molecule has 0 amide bonds. The number of rotatable bonds is 4. The molecule has 1 nitrogen and oxygen atoms in total. The predicted octanol–water partition coefficient (Wildman–Crippen LogP) is 4.02. The van der Waals surface area contributed by atoms with Gasteiger partial charge in [-0.2, -0.15) is 0 Å². The molecule has 0 fully saturated rings. The summed E-state index contributed by atoms with van der Waals surface area (Å²) in [6.07, 6.45) is 3.35. The second-order valence-electron chi connectivity index (χ2n) is 4.28. The fraction of sp³-hybridized carbons (Fsp3) is 0.250. The van der Waals surface area contributed by atoms with Crippen LogP contribution in [0.25, 0.3) is 11.1 Å². The number of hydrogen-bond donors (Lipinski definition) is 1. The Bertz CT molecular complexity index is 480. The second-order valence-corrected chi connectivity index (χ2v) is 4.28. The van der Waals surface area contributed by atoms with E-state index in [1.54, 1.807) is 6.07 Å². The van der Waals surface area contributed by atoms with E-state index in [1.165, 1.54) is 12.0 Å². The molecule has 89 valence electrons. The van der Waals surface area contributed by atoms with Gasteiger partial charge in [0.15, 0.2) is 0 Å². The van der Waals surface area contributed by atoms with Crippen molar-refractivity contribution in [3.8, 4) is 16.9 Å². The maximum absolute atomic E-state index is 10.0. The molecule has 0 spiro atoms. The summed E-state index contributed by atoms with van der Waals surface area (Å²) in [5.41, 5.74) is 3.32. The van der Waals surface area contributed by atoms with E-state index in [2.05, 4.69) is 13.0 Å². The molecule has 1 N–H and O–H groups in total. The van der Waals surface area contributed by atoms with Crippen LogP contribution in [0, 0.1) is 0 Å². The first-order valence-electron chi connectivity index (χ1n) is 6.19. The summed E-state index contributed by atoms with van der Waals surface area (Å²) in [5.74, 6) is 0.379. The van der Waals surface area contributed by atoms with Gasteiger partial charge in [0.2, 0.25) is 0 Å². The van der Waals surface area contributed by atoms with Gasteiger partial charge in [-0.15, -0.1) is 0 Å². The van der Waals surface area contributed by atoms with Crippen LogP contribution in [0.15, 0.2) is 48.5 Å². The number of unbranched alkanes of at least 4 members (excludes halogenated alkanes) is 1. The Hall–Kier alpha value is -0.760. The summed E-state index contributed by atoms with van der Waals surface area (Å²) in [6, 6.07) is 15.9. The van der Waals surface area contributed by atoms with E-state index in [-0.39, 0.29) is 29.6 Å². The number of benzene rings is 2. The number of phenolic OH excluding ortho intramolecular Hbond substituents is 1. The SMILES string of the molecule is CCCCc1cccc(O)c1-c1ccccc1.[Na]. The van der Waals surface area contributed by atoms with E-state index in [0.29, 0.717) is 5.75 Å².